The summed E-state index contributed by atoms with van der Waals surface area (Å²) < 4.78 is 23.2. The van der Waals surface area contributed by atoms with Crippen LogP contribution >= 0.6 is 11.8 Å². The van der Waals surface area contributed by atoms with Gasteiger partial charge in [-0.3, -0.25) is 0 Å². The molecule has 0 saturated heterocycles. The van der Waals surface area contributed by atoms with Crippen LogP contribution in [0.15, 0.2) is 60.7 Å². The third kappa shape index (κ3) is 6.33. The highest BCUT2D eigenvalue weighted by molar-refractivity contribution is 8.01. The predicted octanol–water partition coefficient (Wildman–Crippen LogP) is 4.88. The monoisotopic (exact) mass is 390 g/mol. The minimum absolute atomic E-state index is 0.675. The Labute approximate surface area is 167 Å². The molecule has 0 aliphatic carbocycles. The molecule has 0 spiro atoms. The Morgan fingerprint density at radius 2 is 0.926 bits per heavy atom. The molecule has 0 unspecified atom stereocenters. The third-order valence-electron chi connectivity index (χ3n) is 4.68. The van der Waals surface area contributed by atoms with E-state index in [4.69, 9.17) is 18.9 Å². The zero-order chi connectivity index (χ0) is 19.6. The van der Waals surface area contributed by atoms with E-state index in [1.54, 1.807) is 28.4 Å². The van der Waals surface area contributed by atoms with E-state index in [1.807, 2.05) is 36.4 Å². The summed E-state index contributed by atoms with van der Waals surface area (Å²) in [4.78, 5) is 0. The Kier molecular flexibility index (Phi) is 8.80. The fourth-order valence-electron chi connectivity index (χ4n) is 2.96. The van der Waals surface area contributed by atoms with Gasteiger partial charge in [-0.15, -0.1) is 0 Å². The van der Waals surface area contributed by atoms with Gasteiger partial charge in [0.05, 0.1) is 0 Å². The molecule has 0 fully saturated rings. The highest BCUT2D eigenvalue weighted by Crippen LogP contribution is 2.44. The minimum atomic E-state index is -0.863. The second kappa shape index (κ2) is 10.8. The van der Waals surface area contributed by atoms with E-state index in [0.717, 1.165) is 12.8 Å². The van der Waals surface area contributed by atoms with E-state index < -0.39 is 10.2 Å². The Morgan fingerprint density at radius 1 is 0.593 bits per heavy atom. The number of aryl methyl sites for hydroxylation is 2. The van der Waals surface area contributed by atoms with Gasteiger partial charge >= 0.3 is 0 Å². The van der Waals surface area contributed by atoms with Crippen LogP contribution in [0.5, 0.6) is 0 Å². The number of thioether (sulfide) groups is 1. The smallest absolute Gasteiger partial charge is 0.222 e. The summed E-state index contributed by atoms with van der Waals surface area (Å²) in [5.41, 5.74) is 2.47. The molecule has 4 nitrogen and oxygen atoms in total. The lowest BCUT2D eigenvalue weighted by Gasteiger charge is -2.39. The average molecular weight is 391 g/mol. The highest BCUT2D eigenvalue weighted by Gasteiger charge is 2.43. The first-order valence-corrected chi connectivity index (χ1v) is 9.91. The number of benzene rings is 2. The van der Waals surface area contributed by atoms with Crippen molar-refractivity contribution in [2.24, 2.45) is 0 Å². The highest BCUT2D eigenvalue weighted by atomic mass is 32.2. The quantitative estimate of drug-likeness (QED) is 0.483. The van der Waals surface area contributed by atoms with Gasteiger partial charge in [0.2, 0.25) is 10.2 Å². The van der Waals surface area contributed by atoms with Crippen LogP contribution in [0, 0.1) is 0 Å². The maximum atomic E-state index is 5.80. The lowest BCUT2D eigenvalue weighted by Crippen LogP contribution is -2.41. The van der Waals surface area contributed by atoms with Crippen molar-refractivity contribution in [3.05, 3.63) is 71.8 Å². The number of hydrogen-bond acceptors (Lipinski definition) is 5. The zero-order valence-corrected chi connectivity index (χ0v) is 17.5. The Hall–Kier alpha value is -1.37. The van der Waals surface area contributed by atoms with E-state index in [9.17, 15) is 0 Å². The van der Waals surface area contributed by atoms with Crippen molar-refractivity contribution in [2.45, 2.75) is 35.9 Å². The van der Waals surface area contributed by atoms with Gasteiger partial charge in [-0.25, -0.2) is 0 Å². The van der Waals surface area contributed by atoms with Gasteiger partial charge in [0.15, 0.2) is 0 Å². The van der Waals surface area contributed by atoms with Gasteiger partial charge in [-0.2, -0.15) is 0 Å². The summed E-state index contributed by atoms with van der Waals surface area (Å²) in [6.45, 7) is 0. The van der Waals surface area contributed by atoms with Crippen LogP contribution in [-0.4, -0.2) is 38.7 Å². The van der Waals surface area contributed by atoms with Crippen molar-refractivity contribution in [1.82, 2.24) is 0 Å². The molecule has 2 aromatic carbocycles. The maximum Gasteiger partial charge on any atom is 0.222 e. The Balaban J connectivity index is 2.10. The van der Waals surface area contributed by atoms with Crippen LogP contribution in [0.4, 0.5) is 0 Å². The molecular weight excluding hydrogens is 360 g/mol. The molecule has 5 heteroatoms. The second-order valence-corrected chi connectivity index (χ2v) is 7.70. The molecule has 27 heavy (non-hydrogen) atoms. The first kappa shape index (κ1) is 21.9. The normalized spacial score (nSPS) is 12.3. The number of hydrogen-bond donors (Lipinski definition) is 0. The predicted molar refractivity (Wildman–Crippen MR) is 111 cm³/mol. The van der Waals surface area contributed by atoms with Gasteiger partial charge in [-0.05, 0) is 35.7 Å². The molecular formula is C22H30O4S. The molecule has 0 aliphatic heterocycles. The molecule has 0 heterocycles. The molecule has 0 N–H and O–H groups in total. The molecule has 0 bridgehead atoms. The largest absolute Gasteiger partial charge is 0.344 e. The SMILES string of the molecule is COC(CCc1ccccc1)(OC)SC(CCc1ccccc1)(OC)OC. The van der Waals surface area contributed by atoms with Crippen molar-refractivity contribution in [1.29, 1.82) is 0 Å². The molecule has 2 aromatic rings. The van der Waals surface area contributed by atoms with E-state index in [2.05, 4.69) is 24.3 Å². The average Bonchev–Trinajstić information content (AvgIpc) is 2.75. The maximum absolute atomic E-state index is 5.80. The van der Waals surface area contributed by atoms with Gasteiger partial charge in [0, 0.05) is 41.3 Å². The first-order chi connectivity index (χ1) is 13.1. The van der Waals surface area contributed by atoms with Crippen LogP contribution in [0.25, 0.3) is 0 Å². The van der Waals surface area contributed by atoms with Crippen LogP contribution in [0.3, 0.4) is 0 Å². The zero-order valence-electron chi connectivity index (χ0n) is 16.6. The van der Waals surface area contributed by atoms with Crippen LogP contribution in [0.1, 0.15) is 24.0 Å². The minimum Gasteiger partial charge on any atom is -0.344 e. The van der Waals surface area contributed by atoms with Crippen molar-refractivity contribution in [2.75, 3.05) is 28.4 Å². The number of ether oxygens (including phenoxy) is 4. The van der Waals surface area contributed by atoms with Crippen LogP contribution in [0.2, 0.25) is 0 Å². The lowest BCUT2D eigenvalue weighted by atomic mass is 10.1. The fraction of sp³-hybridized carbons (Fsp3) is 0.455. The summed E-state index contributed by atoms with van der Waals surface area (Å²) in [7, 11) is 6.65. The second-order valence-electron chi connectivity index (χ2n) is 6.26. The van der Waals surface area contributed by atoms with E-state index in [1.165, 1.54) is 22.9 Å². The summed E-state index contributed by atoms with van der Waals surface area (Å²) in [5, 5.41) is -1.73. The van der Waals surface area contributed by atoms with E-state index in [0.29, 0.717) is 12.8 Å². The van der Waals surface area contributed by atoms with Gasteiger partial charge in [0.25, 0.3) is 0 Å². The van der Waals surface area contributed by atoms with Crippen molar-refractivity contribution in [3.8, 4) is 0 Å². The fourth-order valence-corrected chi connectivity index (χ4v) is 4.18. The third-order valence-corrected chi connectivity index (χ3v) is 6.38. The Morgan fingerprint density at radius 3 is 1.22 bits per heavy atom. The first-order valence-electron chi connectivity index (χ1n) is 9.09. The van der Waals surface area contributed by atoms with E-state index in [-0.39, 0.29) is 0 Å². The van der Waals surface area contributed by atoms with E-state index >= 15 is 0 Å². The van der Waals surface area contributed by atoms with Gasteiger partial charge in [-0.1, -0.05) is 60.7 Å². The topological polar surface area (TPSA) is 36.9 Å². The molecule has 148 valence electrons. The molecule has 0 atom stereocenters. The summed E-state index contributed by atoms with van der Waals surface area (Å²) in [5.74, 6) is 0. The van der Waals surface area contributed by atoms with Crippen LogP contribution < -0.4 is 0 Å². The summed E-state index contributed by atoms with van der Waals surface area (Å²) >= 11 is 1.43. The Bertz CT molecular complexity index is 582. The van der Waals surface area contributed by atoms with Gasteiger partial charge in [0.1, 0.15) is 0 Å². The number of methoxy groups -OCH3 is 4. The van der Waals surface area contributed by atoms with Crippen molar-refractivity contribution < 1.29 is 18.9 Å². The molecule has 0 amide bonds. The summed E-state index contributed by atoms with van der Waals surface area (Å²) in [6.07, 6.45) is 3.01. The standard InChI is InChI=1S/C22H30O4S/c1-23-21(24-2,17-15-19-11-7-5-8-12-19)27-22(25-3,26-4)18-16-20-13-9-6-10-14-20/h5-14H,15-18H2,1-4H3. The summed E-state index contributed by atoms with van der Waals surface area (Å²) in [6, 6.07) is 20.6. The van der Waals surface area contributed by atoms with Crippen molar-refractivity contribution >= 4 is 11.8 Å². The van der Waals surface area contributed by atoms with Crippen molar-refractivity contribution in [3.63, 3.8) is 0 Å². The number of rotatable bonds is 12. The molecule has 0 aliphatic rings. The lowest BCUT2D eigenvalue weighted by molar-refractivity contribution is -0.167. The van der Waals surface area contributed by atoms with Crippen LogP contribution in [-0.2, 0) is 31.8 Å². The van der Waals surface area contributed by atoms with Gasteiger partial charge < -0.3 is 18.9 Å². The molecule has 0 saturated carbocycles. The molecule has 0 radical (unpaired) electrons. The molecule has 0 aromatic heterocycles. The molecule has 2 rings (SSSR count).